The van der Waals surface area contributed by atoms with Gasteiger partial charge >= 0.3 is 7.60 Å². The van der Waals surface area contributed by atoms with Crippen LogP contribution in [0.4, 0.5) is 0 Å². The van der Waals surface area contributed by atoms with Gasteiger partial charge in [0.25, 0.3) is 11.8 Å². The Morgan fingerprint density at radius 2 is 1.48 bits per heavy atom. The van der Waals surface area contributed by atoms with Crippen LogP contribution in [0.3, 0.4) is 0 Å². The number of hydrogen-bond donors (Lipinski definition) is 2. The first kappa shape index (κ1) is 21.3. The van der Waals surface area contributed by atoms with Crippen LogP contribution in [0.25, 0.3) is 0 Å². The van der Waals surface area contributed by atoms with E-state index in [4.69, 9.17) is 24.1 Å². The van der Waals surface area contributed by atoms with Gasteiger partial charge < -0.3 is 19.3 Å². The first-order valence-corrected chi connectivity index (χ1v) is 10.5. The molecule has 0 fully saturated rings. The largest absolute Gasteiger partial charge is 0.374 e. The van der Waals surface area contributed by atoms with E-state index in [0.29, 0.717) is 5.06 Å². The van der Waals surface area contributed by atoms with E-state index in [0.717, 1.165) is 5.56 Å². The van der Waals surface area contributed by atoms with Gasteiger partial charge in [-0.25, -0.2) is 0 Å². The van der Waals surface area contributed by atoms with Crippen molar-refractivity contribution in [2.75, 3.05) is 19.6 Å². The quantitative estimate of drug-likeness (QED) is 0.441. The third-order valence-corrected chi connectivity index (χ3v) is 4.53. The Labute approximate surface area is 166 Å². The summed E-state index contributed by atoms with van der Waals surface area (Å²) in [6.07, 6.45) is -1.74. The van der Waals surface area contributed by atoms with Crippen molar-refractivity contribution in [3.8, 4) is 0 Å². The third-order valence-electron chi connectivity index (χ3n) is 4.04. The monoisotopic (exact) mass is 421 g/mol. The molecular weight excluding hydrogens is 401 g/mol. The number of benzene rings is 2. The van der Waals surface area contributed by atoms with E-state index in [-0.39, 0.29) is 30.9 Å². The summed E-state index contributed by atoms with van der Waals surface area (Å²) >= 11 is 0. The summed E-state index contributed by atoms with van der Waals surface area (Å²) in [5.41, 5.74) is 1.36. The predicted molar refractivity (Wildman–Crippen MR) is 101 cm³/mol. The SMILES string of the molecule is O=C1c2ccccc2C(=O)N1OCC(COCc1ccccc1)OCP(=O)(O)O. The van der Waals surface area contributed by atoms with Crippen LogP contribution in [0.15, 0.2) is 54.6 Å². The number of amides is 2. The van der Waals surface area contributed by atoms with Crippen LogP contribution in [-0.4, -0.2) is 52.3 Å². The van der Waals surface area contributed by atoms with Crippen molar-refractivity contribution in [3.05, 3.63) is 71.3 Å². The Morgan fingerprint density at radius 1 is 0.897 bits per heavy atom. The molecule has 2 N–H and O–H groups in total. The number of nitrogens with zero attached hydrogens (tertiary/aromatic N) is 1. The van der Waals surface area contributed by atoms with Gasteiger partial charge in [-0.1, -0.05) is 42.5 Å². The lowest BCUT2D eigenvalue weighted by Crippen LogP contribution is -2.35. The van der Waals surface area contributed by atoms with Gasteiger partial charge in [-0.05, 0) is 17.7 Å². The molecule has 0 saturated carbocycles. The van der Waals surface area contributed by atoms with Crippen molar-refractivity contribution in [1.29, 1.82) is 0 Å². The Bertz CT molecular complexity index is 878. The van der Waals surface area contributed by atoms with E-state index < -0.39 is 31.9 Å². The highest BCUT2D eigenvalue weighted by molar-refractivity contribution is 7.51. The van der Waals surface area contributed by atoms with Gasteiger partial charge in [-0.15, -0.1) is 5.06 Å². The highest BCUT2D eigenvalue weighted by atomic mass is 31.2. The number of carbonyl (C=O) groups excluding carboxylic acids is 2. The minimum Gasteiger partial charge on any atom is -0.374 e. The second kappa shape index (κ2) is 9.41. The fourth-order valence-corrected chi connectivity index (χ4v) is 3.08. The first-order valence-electron chi connectivity index (χ1n) is 8.74. The molecule has 154 valence electrons. The van der Waals surface area contributed by atoms with Crippen LogP contribution >= 0.6 is 7.60 Å². The molecule has 1 heterocycles. The number of hydroxylamine groups is 2. The lowest BCUT2D eigenvalue weighted by molar-refractivity contribution is -0.136. The second-order valence-electron chi connectivity index (χ2n) is 6.33. The van der Waals surface area contributed by atoms with Crippen LogP contribution in [0.1, 0.15) is 26.3 Å². The van der Waals surface area contributed by atoms with Crippen LogP contribution in [-0.2, 0) is 25.5 Å². The average molecular weight is 421 g/mol. The molecule has 0 aromatic heterocycles. The van der Waals surface area contributed by atoms with Crippen molar-refractivity contribution >= 4 is 19.4 Å². The molecule has 2 aromatic rings. The number of rotatable bonds is 10. The Balaban J connectivity index is 1.58. The van der Waals surface area contributed by atoms with Crippen molar-refractivity contribution in [2.45, 2.75) is 12.7 Å². The van der Waals surface area contributed by atoms with Crippen LogP contribution < -0.4 is 0 Å². The maximum atomic E-state index is 12.3. The van der Waals surface area contributed by atoms with E-state index in [9.17, 15) is 14.2 Å². The van der Waals surface area contributed by atoms with Crippen LogP contribution in [0.2, 0.25) is 0 Å². The molecule has 29 heavy (non-hydrogen) atoms. The van der Waals surface area contributed by atoms with E-state index in [1.54, 1.807) is 12.1 Å². The second-order valence-corrected chi connectivity index (χ2v) is 7.92. The smallest absolute Gasteiger partial charge is 0.350 e. The summed E-state index contributed by atoms with van der Waals surface area (Å²) in [5, 5.41) is 0.621. The number of fused-ring (bicyclic) bond motifs is 1. The molecule has 1 aliphatic heterocycles. The molecule has 1 unspecified atom stereocenters. The van der Waals surface area contributed by atoms with Crippen molar-refractivity contribution in [1.82, 2.24) is 5.06 Å². The van der Waals surface area contributed by atoms with Crippen molar-refractivity contribution in [2.24, 2.45) is 0 Å². The number of hydrogen-bond acceptors (Lipinski definition) is 6. The maximum absolute atomic E-state index is 12.3. The minimum atomic E-state index is -4.41. The lowest BCUT2D eigenvalue weighted by atomic mass is 10.1. The molecule has 2 amide bonds. The minimum absolute atomic E-state index is 0.0575. The molecule has 1 atom stereocenters. The highest BCUT2D eigenvalue weighted by Crippen LogP contribution is 2.34. The zero-order chi connectivity index (χ0) is 20.9. The fourth-order valence-electron chi connectivity index (χ4n) is 2.67. The van der Waals surface area contributed by atoms with Crippen molar-refractivity contribution < 1.29 is 38.3 Å². The summed E-state index contributed by atoms with van der Waals surface area (Å²) in [4.78, 5) is 48.0. The summed E-state index contributed by atoms with van der Waals surface area (Å²) in [6.45, 7) is -0.109. The summed E-state index contributed by atoms with van der Waals surface area (Å²) in [7, 11) is -4.41. The molecule has 0 spiro atoms. The summed E-state index contributed by atoms with van der Waals surface area (Å²) < 4.78 is 21.8. The first-order chi connectivity index (χ1) is 13.8. The summed E-state index contributed by atoms with van der Waals surface area (Å²) in [6, 6.07) is 15.6. The number of imide groups is 1. The van der Waals surface area contributed by atoms with Gasteiger partial charge in [0, 0.05) is 0 Å². The molecule has 2 aromatic carbocycles. The number of ether oxygens (including phenoxy) is 2. The standard InChI is InChI=1S/C19H20NO8P/c21-18-16-8-4-5-9-17(16)19(22)20(18)28-12-15(27-13-29(23,24)25)11-26-10-14-6-2-1-3-7-14/h1-9,15H,10-13H2,(H2,23,24,25). The van der Waals surface area contributed by atoms with Crippen molar-refractivity contribution in [3.63, 3.8) is 0 Å². The van der Waals surface area contributed by atoms with Gasteiger partial charge in [0.1, 0.15) is 19.1 Å². The molecule has 10 heteroatoms. The Hall–Kier alpha value is -2.39. The van der Waals surface area contributed by atoms with E-state index in [1.807, 2.05) is 30.3 Å². The molecule has 0 aliphatic carbocycles. The van der Waals surface area contributed by atoms with Crippen LogP contribution in [0, 0.1) is 0 Å². The molecule has 0 bridgehead atoms. The maximum Gasteiger partial charge on any atom is 0.350 e. The van der Waals surface area contributed by atoms with Gasteiger partial charge in [-0.2, -0.15) is 0 Å². The normalized spacial score (nSPS) is 14.9. The van der Waals surface area contributed by atoms with Gasteiger partial charge in [0.05, 0.1) is 24.3 Å². The Kier molecular flexibility index (Phi) is 6.92. The lowest BCUT2D eigenvalue weighted by Gasteiger charge is -2.21. The molecular formula is C19H20NO8P. The molecule has 0 saturated heterocycles. The third kappa shape index (κ3) is 5.80. The molecule has 0 radical (unpaired) electrons. The van der Waals surface area contributed by atoms with Gasteiger partial charge in [-0.3, -0.25) is 19.0 Å². The molecule has 3 rings (SSSR count). The number of carbonyl (C=O) groups is 2. The van der Waals surface area contributed by atoms with Crippen LogP contribution in [0.5, 0.6) is 0 Å². The van der Waals surface area contributed by atoms with E-state index in [1.165, 1.54) is 12.1 Å². The average Bonchev–Trinajstić information content (AvgIpc) is 2.94. The van der Waals surface area contributed by atoms with E-state index in [2.05, 4.69) is 0 Å². The fraction of sp³-hybridized carbons (Fsp3) is 0.263. The molecule has 1 aliphatic rings. The Morgan fingerprint density at radius 3 is 2.07 bits per heavy atom. The highest BCUT2D eigenvalue weighted by Gasteiger charge is 2.37. The zero-order valence-corrected chi connectivity index (χ0v) is 16.2. The topological polar surface area (TPSA) is 123 Å². The van der Waals surface area contributed by atoms with E-state index >= 15 is 0 Å². The summed E-state index contributed by atoms with van der Waals surface area (Å²) in [5.74, 6) is -1.21. The van der Waals surface area contributed by atoms with Gasteiger partial charge in [0.2, 0.25) is 0 Å². The predicted octanol–water partition coefficient (Wildman–Crippen LogP) is 1.95. The zero-order valence-electron chi connectivity index (χ0n) is 15.3. The van der Waals surface area contributed by atoms with Gasteiger partial charge in [0.15, 0.2) is 0 Å². The molecule has 9 nitrogen and oxygen atoms in total.